The van der Waals surface area contributed by atoms with Crippen molar-refractivity contribution in [3.05, 3.63) is 30.1 Å². The van der Waals surface area contributed by atoms with Gasteiger partial charge in [0.15, 0.2) is 0 Å². The van der Waals surface area contributed by atoms with E-state index in [1.54, 1.807) is 6.20 Å². The molecule has 1 aromatic heterocycles. The van der Waals surface area contributed by atoms with Crippen LogP contribution in [0.3, 0.4) is 0 Å². The summed E-state index contributed by atoms with van der Waals surface area (Å²) in [6.07, 6.45) is 2.44. The zero-order valence-electron chi connectivity index (χ0n) is 11.5. The Bertz CT molecular complexity index is 317. The molecule has 18 heavy (non-hydrogen) atoms. The van der Waals surface area contributed by atoms with Gasteiger partial charge in [-0.1, -0.05) is 6.07 Å². The Balaban J connectivity index is 2.19. The number of hydrogen-bond donors (Lipinski definition) is 1. The van der Waals surface area contributed by atoms with Crippen LogP contribution in [0.15, 0.2) is 24.4 Å². The molecule has 1 N–H and O–H groups in total. The summed E-state index contributed by atoms with van der Waals surface area (Å²) >= 11 is 0. The molecule has 1 heterocycles. The largest absolute Gasteiger partial charge is 0.389 e. The second-order valence-corrected chi connectivity index (χ2v) is 4.87. The molecule has 0 unspecified atom stereocenters. The van der Waals surface area contributed by atoms with Crippen LogP contribution in [-0.2, 0) is 11.2 Å². The summed E-state index contributed by atoms with van der Waals surface area (Å²) in [6, 6.07) is 5.93. The summed E-state index contributed by atoms with van der Waals surface area (Å²) < 4.78 is 5.38. The minimum absolute atomic E-state index is 0.165. The summed E-state index contributed by atoms with van der Waals surface area (Å²) in [5.41, 5.74) is 1.08. The number of ether oxygens (including phenoxy) is 1. The number of likely N-dealkylation sites (N-methyl/N-ethyl adjacent to an activating group) is 1. The number of aliphatic hydroxyl groups is 1. The van der Waals surface area contributed by atoms with Crippen molar-refractivity contribution in [1.82, 2.24) is 9.88 Å². The Labute approximate surface area is 110 Å². The quantitative estimate of drug-likeness (QED) is 0.758. The molecule has 1 atom stereocenters. The minimum atomic E-state index is -0.430. The summed E-state index contributed by atoms with van der Waals surface area (Å²) in [5.74, 6) is 0. The van der Waals surface area contributed by atoms with Crippen LogP contribution >= 0.6 is 0 Å². The van der Waals surface area contributed by atoms with Crippen molar-refractivity contribution in [3.63, 3.8) is 0 Å². The van der Waals surface area contributed by atoms with Crippen LogP contribution in [0.2, 0.25) is 0 Å². The Morgan fingerprint density at radius 1 is 1.39 bits per heavy atom. The van der Waals surface area contributed by atoms with E-state index in [9.17, 15) is 5.11 Å². The lowest BCUT2D eigenvalue weighted by Gasteiger charge is -2.21. The van der Waals surface area contributed by atoms with E-state index in [2.05, 4.69) is 9.88 Å². The van der Waals surface area contributed by atoms with Crippen LogP contribution in [0.25, 0.3) is 0 Å². The Kier molecular flexibility index (Phi) is 6.86. The van der Waals surface area contributed by atoms with Crippen LogP contribution in [0, 0.1) is 0 Å². The van der Waals surface area contributed by atoms with Crippen molar-refractivity contribution in [2.45, 2.75) is 32.5 Å². The second-order valence-electron chi connectivity index (χ2n) is 4.87. The first-order valence-electron chi connectivity index (χ1n) is 6.46. The zero-order chi connectivity index (χ0) is 13.4. The van der Waals surface area contributed by atoms with Gasteiger partial charge in [-0.25, -0.2) is 0 Å². The molecule has 1 aromatic rings. The van der Waals surface area contributed by atoms with Crippen LogP contribution in [-0.4, -0.2) is 53.9 Å². The predicted molar refractivity (Wildman–Crippen MR) is 72.5 cm³/mol. The van der Waals surface area contributed by atoms with Gasteiger partial charge in [0.2, 0.25) is 0 Å². The van der Waals surface area contributed by atoms with Gasteiger partial charge in [-0.3, -0.25) is 4.98 Å². The number of rotatable bonds is 8. The molecule has 4 nitrogen and oxygen atoms in total. The maximum Gasteiger partial charge on any atom is 0.0900 e. The summed E-state index contributed by atoms with van der Waals surface area (Å²) in [5, 5.41) is 9.78. The molecule has 4 heteroatoms. The Morgan fingerprint density at radius 3 is 2.78 bits per heavy atom. The summed E-state index contributed by atoms with van der Waals surface area (Å²) in [4.78, 5) is 6.38. The van der Waals surface area contributed by atoms with Gasteiger partial charge in [-0.2, -0.15) is 0 Å². The van der Waals surface area contributed by atoms with Gasteiger partial charge in [0.1, 0.15) is 0 Å². The molecule has 1 rings (SSSR count). The van der Waals surface area contributed by atoms with Crippen molar-refractivity contribution in [3.8, 4) is 0 Å². The molecule has 0 fully saturated rings. The molecule has 0 spiro atoms. The average molecular weight is 252 g/mol. The molecule has 102 valence electrons. The first-order valence-corrected chi connectivity index (χ1v) is 6.46. The normalized spacial score (nSPS) is 13.2. The highest BCUT2D eigenvalue weighted by molar-refractivity contribution is 5.03. The smallest absolute Gasteiger partial charge is 0.0900 e. The van der Waals surface area contributed by atoms with Gasteiger partial charge in [0, 0.05) is 31.4 Å². The van der Waals surface area contributed by atoms with Crippen LogP contribution in [0.5, 0.6) is 0 Å². The second kappa shape index (κ2) is 8.19. The molecular weight excluding hydrogens is 228 g/mol. The molecular formula is C14H24N2O2. The van der Waals surface area contributed by atoms with E-state index in [0.717, 1.165) is 18.7 Å². The van der Waals surface area contributed by atoms with Gasteiger partial charge in [0.25, 0.3) is 0 Å². The van der Waals surface area contributed by atoms with Gasteiger partial charge in [-0.05, 0) is 33.0 Å². The summed E-state index contributed by atoms with van der Waals surface area (Å²) in [7, 11) is 2.00. The van der Waals surface area contributed by atoms with E-state index in [1.807, 2.05) is 39.1 Å². The fourth-order valence-corrected chi connectivity index (χ4v) is 1.66. The number of pyridine rings is 1. The summed E-state index contributed by atoms with van der Waals surface area (Å²) in [6.45, 7) is 5.84. The van der Waals surface area contributed by atoms with Crippen molar-refractivity contribution in [2.75, 3.05) is 26.7 Å². The van der Waals surface area contributed by atoms with Gasteiger partial charge in [0.05, 0.1) is 18.8 Å². The predicted octanol–water partition coefficient (Wildman–Crippen LogP) is 1.34. The molecule has 0 aliphatic rings. The molecule has 0 radical (unpaired) electrons. The minimum Gasteiger partial charge on any atom is -0.389 e. The van der Waals surface area contributed by atoms with Gasteiger partial charge in [-0.15, -0.1) is 0 Å². The van der Waals surface area contributed by atoms with E-state index in [4.69, 9.17) is 4.74 Å². The topological polar surface area (TPSA) is 45.6 Å². The van der Waals surface area contributed by atoms with Gasteiger partial charge >= 0.3 is 0 Å². The molecule has 0 bridgehead atoms. The highest BCUT2D eigenvalue weighted by atomic mass is 16.5. The monoisotopic (exact) mass is 252 g/mol. The maximum atomic E-state index is 9.78. The standard InChI is InChI=1S/C14H24N2O2/c1-12(2)18-11-14(17)10-16(3)9-7-13-6-4-5-8-15-13/h4-6,8,12,14,17H,7,9-11H2,1-3H3/t14-/m0/s1. The lowest BCUT2D eigenvalue weighted by atomic mass is 10.2. The van der Waals surface area contributed by atoms with Crippen LogP contribution < -0.4 is 0 Å². The SMILES string of the molecule is CC(C)OC[C@@H](O)CN(C)CCc1ccccn1. The lowest BCUT2D eigenvalue weighted by molar-refractivity contribution is -0.00543. The third-order valence-electron chi connectivity index (χ3n) is 2.62. The van der Waals surface area contributed by atoms with E-state index in [0.29, 0.717) is 13.2 Å². The Hall–Kier alpha value is -0.970. The third kappa shape index (κ3) is 6.69. The average Bonchev–Trinajstić information content (AvgIpc) is 2.35. The maximum absolute atomic E-state index is 9.78. The molecule has 0 aliphatic heterocycles. The van der Waals surface area contributed by atoms with Crippen molar-refractivity contribution in [1.29, 1.82) is 0 Å². The Morgan fingerprint density at radius 2 is 2.17 bits per heavy atom. The fourth-order valence-electron chi connectivity index (χ4n) is 1.66. The highest BCUT2D eigenvalue weighted by Crippen LogP contribution is 1.98. The van der Waals surface area contributed by atoms with E-state index in [-0.39, 0.29) is 6.10 Å². The van der Waals surface area contributed by atoms with Crippen LogP contribution in [0.1, 0.15) is 19.5 Å². The van der Waals surface area contributed by atoms with E-state index in [1.165, 1.54) is 0 Å². The van der Waals surface area contributed by atoms with Crippen molar-refractivity contribution in [2.24, 2.45) is 0 Å². The molecule has 0 aromatic carbocycles. The van der Waals surface area contributed by atoms with Crippen molar-refractivity contribution < 1.29 is 9.84 Å². The first kappa shape index (κ1) is 15.1. The van der Waals surface area contributed by atoms with E-state index >= 15 is 0 Å². The number of aromatic nitrogens is 1. The zero-order valence-corrected chi connectivity index (χ0v) is 11.5. The van der Waals surface area contributed by atoms with Gasteiger partial charge < -0.3 is 14.7 Å². The first-order chi connectivity index (χ1) is 8.58. The van der Waals surface area contributed by atoms with Crippen LogP contribution in [0.4, 0.5) is 0 Å². The molecule has 0 saturated carbocycles. The van der Waals surface area contributed by atoms with Crippen molar-refractivity contribution >= 4 is 0 Å². The number of nitrogens with zero attached hydrogens (tertiary/aromatic N) is 2. The molecule has 0 aliphatic carbocycles. The fraction of sp³-hybridized carbons (Fsp3) is 0.643. The molecule has 0 saturated heterocycles. The number of aliphatic hydroxyl groups excluding tert-OH is 1. The van der Waals surface area contributed by atoms with E-state index < -0.39 is 6.10 Å². The number of hydrogen-bond acceptors (Lipinski definition) is 4. The third-order valence-corrected chi connectivity index (χ3v) is 2.62. The lowest BCUT2D eigenvalue weighted by Crippen LogP contribution is -2.34. The molecule has 0 amide bonds. The highest BCUT2D eigenvalue weighted by Gasteiger charge is 2.09.